The van der Waals surface area contributed by atoms with Crippen molar-refractivity contribution in [1.29, 1.82) is 0 Å². The molecule has 1 saturated heterocycles. The molecule has 1 fully saturated rings. The van der Waals surface area contributed by atoms with Crippen molar-refractivity contribution >= 4 is 5.91 Å². The van der Waals surface area contributed by atoms with E-state index in [9.17, 15) is 4.79 Å². The summed E-state index contributed by atoms with van der Waals surface area (Å²) in [6, 6.07) is 10.0. The number of benzene rings is 1. The lowest BCUT2D eigenvalue weighted by molar-refractivity contribution is -0.129. The van der Waals surface area contributed by atoms with Crippen molar-refractivity contribution in [3.63, 3.8) is 0 Å². The fourth-order valence-electron chi connectivity index (χ4n) is 2.57. The maximum Gasteiger partial charge on any atom is 0.225 e. The standard InChI is InChI=1S/C16H21NO3/c1-3-7-14-15(20-12-19-2)10-16(18)17(14)11-13-8-5-4-6-9-13/h3-6,8-9,14-15H,1,7,10-12H2,2H3/t14-,15-/m0/s1. The van der Waals surface area contributed by atoms with E-state index in [1.165, 1.54) is 0 Å². The second kappa shape index (κ2) is 7.22. The molecule has 108 valence electrons. The molecule has 1 aliphatic heterocycles. The minimum atomic E-state index is -0.121. The van der Waals surface area contributed by atoms with Crippen molar-refractivity contribution in [1.82, 2.24) is 4.90 Å². The number of likely N-dealkylation sites (tertiary alicyclic amines) is 1. The van der Waals surface area contributed by atoms with Crippen molar-refractivity contribution in [2.75, 3.05) is 13.9 Å². The van der Waals surface area contributed by atoms with Crippen LogP contribution in [-0.2, 0) is 20.8 Å². The van der Waals surface area contributed by atoms with E-state index in [2.05, 4.69) is 6.58 Å². The van der Waals surface area contributed by atoms with Gasteiger partial charge in [0.2, 0.25) is 5.91 Å². The lowest BCUT2D eigenvalue weighted by Gasteiger charge is -2.27. The zero-order valence-corrected chi connectivity index (χ0v) is 11.8. The Bertz CT molecular complexity index is 446. The second-order valence-corrected chi connectivity index (χ2v) is 4.91. The van der Waals surface area contributed by atoms with Crippen LogP contribution in [0.3, 0.4) is 0 Å². The molecule has 2 rings (SSSR count). The van der Waals surface area contributed by atoms with Crippen molar-refractivity contribution in [2.45, 2.75) is 31.5 Å². The summed E-state index contributed by atoms with van der Waals surface area (Å²) in [6.07, 6.45) is 2.86. The van der Waals surface area contributed by atoms with Gasteiger partial charge in [-0.25, -0.2) is 0 Å². The fraction of sp³-hybridized carbons (Fsp3) is 0.438. The Morgan fingerprint density at radius 1 is 1.40 bits per heavy atom. The largest absolute Gasteiger partial charge is 0.359 e. The Morgan fingerprint density at radius 3 is 2.80 bits per heavy atom. The van der Waals surface area contributed by atoms with Gasteiger partial charge < -0.3 is 14.4 Å². The first-order valence-corrected chi connectivity index (χ1v) is 6.81. The van der Waals surface area contributed by atoms with E-state index in [0.29, 0.717) is 13.0 Å². The van der Waals surface area contributed by atoms with Crippen molar-refractivity contribution < 1.29 is 14.3 Å². The third-order valence-corrected chi connectivity index (χ3v) is 3.53. The summed E-state index contributed by atoms with van der Waals surface area (Å²) in [5, 5.41) is 0. The molecule has 0 aromatic heterocycles. The number of hydrogen-bond acceptors (Lipinski definition) is 3. The maximum atomic E-state index is 12.2. The van der Waals surface area contributed by atoms with Crippen LogP contribution >= 0.6 is 0 Å². The lowest BCUT2D eigenvalue weighted by Crippen LogP contribution is -2.37. The summed E-state index contributed by atoms with van der Waals surface area (Å²) >= 11 is 0. The Balaban J connectivity index is 2.08. The van der Waals surface area contributed by atoms with E-state index < -0.39 is 0 Å². The Kier molecular flexibility index (Phi) is 5.32. The van der Waals surface area contributed by atoms with Gasteiger partial charge in [0.05, 0.1) is 18.6 Å². The Hall–Kier alpha value is -1.65. The van der Waals surface area contributed by atoms with Gasteiger partial charge in [0.25, 0.3) is 0 Å². The van der Waals surface area contributed by atoms with Crippen molar-refractivity contribution in [3.05, 3.63) is 48.6 Å². The number of nitrogens with zero attached hydrogens (tertiary/aromatic N) is 1. The van der Waals surface area contributed by atoms with Crippen LogP contribution in [0.25, 0.3) is 0 Å². The average molecular weight is 275 g/mol. The summed E-state index contributed by atoms with van der Waals surface area (Å²) in [4.78, 5) is 14.1. The number of amides is 1. The molecule has 0 spiro atoms. The molecule has 1 aromatic carbocycles. The molecule has 20 heavy (non-hydrogen) atoms. The Morgan fingerprint density at radius 2 is 2.15 bits per heavy atom. The summed E-state index contributed by atoms with van der Waals surface area (Å²) in [5.41, 5.74) is 1.13. The van der Waals surface area contributed by atoms with E-state index >= 15 is 0 Å². The predicted molar refractivity (Wildman–Crippen MR) is 77.0 cm³/mol. The lowest BCUT2D eigenvalue weighted by atomic mass is 10.1. The molecular formula is C16H21NO3. The van der Waals surface area contributed by atoms with Gasteiger partial charge in [-0.15, -0.1) is 6.58 Å². The topological polar surface area (TPSA) is 38.8 Å². The summed E-state index contributed by atoms with van der Waals surface area (Å²) < 4.78 is 10.6. The highest BCUT2D eigenvalue weighted by atomic mass is 16.7. The van der Waals surface area contributed by atoms with Crippen LogP contribution in [0, 0.1) is 0 Å². The number of carbonyl (C=O) groups excluding carboxylic acids is 1. The van der Waals surface area contributed by atoms with E-state index in [4.69, 9.17) is 9.47 Å². The number of carbonyl (C=O) groups is 1. The van der Waals surface area contributed by atoms with Gasteiger partial charge >= 0.3 is 0 Å². The van der Waals surface area contributed by atoms with Gasteiger partial charge in [-0.1, -0.05) is 36.4 Å². The van der Waals surface area contributed by atoms with Crippen molar-refractivity contribution in [2.24, 2.45) is 0 Å². The first-order valence-electron chi connectivity index (χ1n) is 6.81. The van der Waals surface area contributed by atoms with Crippen LogP contribution in [0.5, 0.6) is 0 Å². The molecule has 1 aliphatic rings. The maximum absolute atomic E-state index is 12.2. The van der Waals surface area contributed by atoms with Crippen LogP contribution in [0.15, 0.2) is 43.0 Å². The third-order valence-electron chi connectivity index (χ3n) is 3.53. The van der Waals surface area contributed by atoms with E-state index in [-0.39, 0.29) is 24.8 Å². The van der Waals surface area contributed by atoms with Gasteiger partial charge in [-0.3, -0.25) is 4.79 Å². The molecule has 0 bridgehead atoms. The number of hydrogen-bond donors (Lipinski definition) is 0. The van der Waals surface area contributed by atoms with Gasteiger partial charge in [0, 0.05) is 13.7 Å². The molecule has 2 atom stereocenters. The number of methoxy groups -OCH3 is 1. The molecule has 4 nitrogen and oxygen atoms in total. The van der Waals surface area contributed by atoms with Crippen molar-refractivity contribution in [3.8, 4) is 0 Å². The van der Waals surface area contributed by atoms with E-state index in [1.54, 1.807) is 7.11 Å². The van der Waals surface area contributed by atoms with Gasteiger partial charge in [0.1, 0.15) is 6.79 Å². The number of rotatable bonds is 7. The smallest absolute Gasteiger partial charge is 0.225 e. The highest BCUT2D eigenvalue weighted by Crippen LogP contribution is 2.27. The predicted octanol–water partition coefficient (Wildman–Crippen LogP) is 2.35. The molecule has 0 unspecified atom stereocenters. The summed E-state index contributed by atoms with van der Waals surface area (Å²) in [6.45, 7) is 4.61. The molecule has 0 saturated carbocycles. The highest BCUT2D eigenvalue weighted by Gasteiger charge is 2.39. The van der Waals surface area contributed by atoms with Crippen LogP contribution in [0.2, 0.25) is 0 Å². The zero-order valence-electron chi connectivity index (χ0n) is 11.8. The molecular weight excluding hydrogens is 254 g/mol. The van der Waals surface area contributed by atoms with Crippen LogP contribution in [-0.4, -0.2) is 36.9 Å². The molecule has 4 heteroatoms. The number of ether oxygens (including phenoxy) is 2. The van der Waals surface area contributed by atoms with Gasteiger partial charge in [-0.05, 0) is 12.0 Å². The van der Waals surface area contributed by atoms with Crippen LogP contribution in [0.1, 0.15) is 18.4 Å². The van der Waals surface area contributed by atoms with Gasteiger partial charge in [-0.2, -0.15) is 0 Å². The van der Waals surface area contributed by atoms with Gasteiger partial charge in [0.15, 0.2) is 0 Å². The summed E-state index contributed by atoms with van der Waals surface area (Å²) in [7, 11) is 1.58. The zero-order chi connectivity index (χ0) is 14.4. The van der Waals surface area contributed by atoms with Crippen LogP contribution in [0.4, 0.5) is 0 Å². The summed E-state index contributed by atoms with van der Waals surface area (Å²) in [5.74, 6) is 0.127. The minimum Gasteiger partial charge on any atom is -0.359 e. The third kappa shape index (κ3) is 3.46. The highest BCUT2D eigenvalue weighted by molar-refractivity contribution is 5.79. The Labute approximate surface area is 120 Å². The fourth-order valence-corrected chi connectivity index (χ4v) is 2.57. The quantitative estimate of drug-likeness (QED) is 0.566. The SMILES string of the molecule is C=CC[C@H]1[C@@H](OCOC)CC(=O)N1Cc1ccccc1. The van der Waals surface area contributed by atoms with Crippen LogP contribution < -0.4 is 0 Å². The first-order chi connectivity index (χ1) is 9.76. The molecule has 0 radical (unpaired) electrons. The second-order valence-electron chi connectivity index (χ2n) is 4.91. The van der Waals surface area contributed by atoms with E-state index in [0.717, 1.165) is 12.0 Å². The molecule has 1 heterocycles. The molecule has 1 aromatic rings. The monoisotopic (exact) mass is 275 g/mol. The molecule has 0 aliphatic carbocycles. The minimum absolute atomic E-state index is 0.0374. The molecule has 1 amide bonds. The normalized spacial score (nSPS) is 22.2. The first kappa shape index (κ1) is 14.8. The van der Waals surface area contributed by atoms with E-state index in [1.807, 2.05) is 41.3 Å². The average Bonchev–Trinajstić information content (AvgIpc) is 2.75. The molecule has 0 N–H and O–H groups in total.